The fourth-order valence-corrected chi connectivity index (χ4v) is 3.23. The molecule has 116 valence electrons. The number of thiophene rings is 1. The lowest BCUT2D eigenvalue weighted by atomic mass is 10.1. The van der Waals surface area contributed by atoms with Crippen molar-refractivity contribution >= 4 is 22.9 Å². The Bertz CT molecular complexity index is 571. The molecule has 0 unspecified atom stereocenters. The Hall–Kier alpha value is -0.810. The topological polar surface area (TPSA) is 28.4 Å². The Morgan fingerprint density at radius 1 is 1.24 bits per heavy atom. The zero-order valence-electron chi connectivity index (χ0n) is 13.1. The van der Waals surface area contributed by atoms with Crippen LogP contribution in [0.3, 0.4) is 0 Å². The molecule has 0 aliphatic heterocycles. The number of halogens is 1. The molecule has 0 atom stereocenters. The van der Waals surface area contributed by atoms with Gasteiger partial charge in [0, 0.05) is 29.1 Å². The Morgan fingerprint density at radius 3 is 2.62 bits per heavy atom. The van der Waals surface area contributed by atoms with E-state index in [2.05, 4.69) is 50.2 Å². The maximum Gasteiger partial charge on any atom is 0.122 e. The lowest BCUT2D eigenvalue weighted by Crippen LogP contribution is -2.35. The quantitative estimate of drug-likeness (QED) is 0.846. The van der Waals surface area contributed by atoms with Gasteiger partial charge in [0.05, 0.1) is 17.1 Å². The van der Waals surface area contributed by atoms with Crippen LogP contribution in [0.1, 0.15) is 37.0 Å². The fraction of sp³-hybridized carbons (Fsp3) is 0.500. The lowest BCUT2D eigenvalue weighted by Gasteiger charge is -2.21. The molecular formula is C16H23ClN2OS. The lowest BCUT2D eigenvalue weighted by molar-refractivity contribution is 0.315. The normalized spacial score (nSPS) is 12.3. The van der Waals surface area contributed by atoms with Crippen LogP contribution in [0.15, 0.2) is 28.9 Å². The first-order chi connectivity index (χ1) is 9.83. The largest absolute Gasteiger partial charge is 0.468 e. The zero-order chi connectivity index (χ0) is 15.5. The van der Waals surface area contributed by atoms with Crippen molar-refractivity contribution in [2.24, 2.45) is 0 Å². The van der Waals surface area contributed by atoms with Gasteiger partial charge in [0.15, 0.2) is 0 Å². The van der Waals surface area contributed by atoms with Crippen molar-refractivity contribution in [3.05, 3.63) is 45.0 Å². The van der Waals surface area contributed by atoms with E-state index in [0.29, 0.717) is 0 Å². The van der Waals surface area contributed by atoms with Crippen LogP contribution < -0.4 is 5.32 Å². The van der Waals surface area contributed by atoms with E-state index < -0.39 is 0 Å². The molecule has 0 saturated carbocycles. The number of furan rings is 1. The summed E-state index contributed by atoms with van der Waals surface area (Å²) in [4.78, 5) is 3.55. The minimum atomic E-state index is 0.0870. The third kappa shape index (κ3) is 5.47. The molecule has 3 nitrogen and oxygen atoms in total. The summed E-state index contributed by atoms with van der Waals surface area (Å²) in [6.07, 6.45) is 1.77. The molecule has 0 aromatic carbocycles. The van der Waals surface area contributed by atoms with Crippen molar-refractivity contribution in [3.63, 3.8) is 0 Å². The van der Waals surface area contributed by atoms with Crippen LogP contribution in [0, 0.1) is 0 Å². The third-order valence-corrected chi connectivity index (χ3v) is 4.33. The van der Waals surface area contributed by atoms with Crippen molar-refractivity contribution in [1.29, 1.82) is 0 Å². The summed E-state index contributed by atoms with van der Waals surface area (Å²) >= 11 is 7.61. The molecule has 0 bridgehead atoms. The summed E-state index contributed by atoms with van der Waals surface area (Å²) in [6.45, 7) is 8.99. The van der Waals surface area contributed by atoms with E-state index in [9.17, 15) is 0 Å². The Kier molecular flexibility index (Phi) is 5.49. The van der Waals surface area contributed by atoms with Gasteiger partial charge in [-0.3, -0.25) is 4.90 Å². The Balaban J connectivity index is 1.92. The van der Waals surface area contributed by atoms with Gasteiger partial charge in [-0.25, -0.2) is 0 Å². The summed E-state index contributed by atoms with van der Waals surface area (Å²) < 4.78 is 6.45. The molecule has 5 heteroatoms. The fourth-order valence-electron chi connectivity index (χ4n) is 2.06. The van der Waals surface area contributed by atoms with E-state index in [0.717, 1.165) is 29.7 Å². The van der Waals surface area contributed by atoms with Crippen LogP contribution in [0.2, 0.25) is 4.34 Å². The number of nitrogens with one attached hydrogen (secondary N) is 1. The minimum absolute atomic E-state index is 0.0870. The highest BCUT2D eigenvalue weighted by atomic mass is 35.5. The van der Waals surface area contributed by atoms with Crippen LogP contribution in [0.5, 0.6) is 0 Å². The van der Waals surface area contributed by atoms with Gasteiger partial charge in [-0.2, -0.15) is 0 Å². The summed E-state index contributed by atoms with van der Waals surface area (Å²) in [5.74, 6) is 1.01. The molecule has 0 aliphatic rings. The van der Waals surface area contributed by atoms with E-state index in [1.165, 1.54) is 10.4 Å². The van der Waals surface area contributed by atoms with Gasteiger partial charge in [0.2, 0.25) is 0 Å². The van der Waals surface area contributed by atoms with Crippen molar-refractivity contribution in [2.75, 3.05) is 7.05 Å². The predicted octanol–water partition coefficient (Wildman–Crippen LogP) is 4.51. The molecule has 0 fully saturated rings. The summed E-state index contributed by atoms with van der Waals surface area (Å²) in [5, 5.41) is 3.46. The van der Waals surface area contributed by atoms with Crippen molar-refractivity contribution in [2.45, 2.75) is 45.9 Å². The third-order valence-electron chi connectivity index (χ3n) is 3.11. The molecule has 0 aliphatic carbocycles. The molecule has 2 aromatic rings. The average molecular weight is 327 g/mol. The molecule has 2 heterocycles. The number of hydrogen-bond donors (Lipinski definition) is 1. The second-order valence-electron chi connectivity index (χ2n) is 6.35. The second kappa shape index (κ2) is 6.97. The smallest absolute Gasteiger partial charge is 0.122 e. The summed E-state index contributed by atoms with van der Waals surface area (Å²) in [6, 6.07) is 6.09. The molecule has 1 N–H and O–H groups in total. The predicted molar refractivity (Wildman–Crippen MR) is 89.8 cm³/mol. The number of rotatable bonds is 6. The van der Waals surface area contributed by atoms with Gasteiger partial charge in [-0.1, -0.05) is 11.6 Å². The first kappa shape index (κ1) is 16.6. The van der Waals surface area contributed by atoms with Gasteiger partial charge in [0.1, 0.15) is 5.76 Å². The van der Waals surface area contributed by atoms with Gasteiger partial charge in [0.25, 0.3) is 0 Å². The van der Waals surface area contributed by atoms with Crippen molar-refractivity contribution < 1.29 is 4.42 Å². The van der Waals surface area contributed by atoms with E-state index in [1.807, 2.05) is 6.07 Å². The first-order valence-electron chi connectivity index (χ1n) is 7.06. The van der Waals surface area contributed by atoms with Crippen LogP contribution in [-0.4, -0.2) is 17.5 Å². The van der Waals surface area contributed by atoms with Crippen LogP contribution in [0.25, 0.3) is 0 Å². The first-order valence-corrected chi connectivity index (χ1v) is 8.26. The van der Waals surface area contributed by atoms with Crippen LogP contribution in [0.4, 0.5) is 0 Å². The summed E-state index contributed by atoms with van der Waals surface area (Å²) in [5.41, 5.74) is 1.32. The zero-order valence-corrected chi connectivity index (χ0v) is 14.6. The van der Waals surface area contributed by atoms with Gasteiger partial charge in [-0.15, -0.1) is 11.3 Å². The van der Waals surface area contributed by atoms with Gasteiger partial charge < -0.3 is 9.73 Å². The molecule has 2 aromatic heterocycles. The molecule has 21 heavy (non-hydrogen) atoms. The molecule has 0 spiro atoms. The minimum Gasteiger partial charge on any atom is -0.468 e. The molecular weight excluding hydrogens is 304 g/mol. The molecule has 0 amide bonds. The van der Waals surface area contributed by atoms with Crippen molar-refractivity contribution in [3.8, 4) is 0 Å². The van der Waals surface area contributed by atoms with Gasteiger partial charge in [-0.05, 0) is 46.0 Å². The highest BCUT2D eigenvalue weighted by molar-refractivity contribution is 7.16. The highest BCUT2D eigenvalue weighted by Crippen LogP contribution is 2.23. The summed E-state index contributed by atoms with van der Waals surface area (Å²) in [7, 11) is 2.11. The maximum atomic E-state index is 5.97. The molecule has 0 radical (unpaired) electrons. The van der Waals surface area contributed by atoms with E-state index >= 15 is 0 Å². The van der Waals surface area contributed by atoms with Crippen LogP contribution >= 0.6 is 22.9 Å². The van der Waals surface area contributed by atoms with E-state index in [1.54, 1.807) is 17.6 Å². The standard InChI is InChI=1S/C16H23ClN2OS/c1-16(2,3)18-9-14-12(7-8-20-14)10-19(4)11-13-5-6-15(17)21-13/h5-8,18H,9-11H2,1-4H3. The molecule has 2 rings (SSSR count). The van der Waals surface area contributed by atoms with E-state index in [4.69, 9.17) is 16.0 Å². The molecule has 0 saturated heterocycles. The maximum absolute atomic E-state index is 5.97. The van der Waals surface area contributed by atoms with Crippen molar-refractivity contribution in [1.82, 2.24) is 10.2 Å². The SMILES string of the molecule is CN(Cc1ccc(Cl)s1)Cc1ccoc1CNC(C)(C)C. The highest BCUT2D eigenvalue weighted by Gasteiger charge is 2.14. The van der Waals surface area contributed by atoms with E-state index in [-0.39, 0.29) is 5.54 Å². The number of nitrogens with zero attached hydrogens (tertiary/aromatic N) is 1. The Labute approximate surface area is 135 Å². The number of hydrogen-bond acceptors (Lipinski definition) is 4. The Morgan fingerprint density at radius 2 is 2.00 bits per heavy atom. The van der Waals surface area contributed by atoms with Gasteiger partial charge >= 0.3 is 0 Å². The average Bonchev–Trinajstić information content (AvgIpc) is 2.95. The van der Waals surface area contributed by atoms with Crippen LogP contribution in [-0.2, 0) is 19.6 Å². The monoisotopic (exact) mass is 326 g/mol. The second-order valence-corrected chi connectivity index (χ2v) is 8.15.